The minimum atomic E-state index is -4.32. The van der Waals surface area contributed by atoms with Crippen molar-refractivity contribution < 1.29 is 52.6 Å². The molecule has 1 spiro atoms. The number of carboxylic acids is 1. The van der Waals surface area contributed by atoms with E-state index in [9.17, 15) is 43.1 Å². The highest BCUT2D eigenvalue weighted by Gasteiger charge is 2.54. The van der Waals surface area contributed by atoms with Crippen LogP contribution in [0, 0.1) is 5.82 Å². The number of hydrogen-bond acceptors (Lipinski definition) is 9. The van der Waals surface area contributed by atoms with E-state index in [-0.39, 0.29) is 18.5 Å². The third-order valence-corrected chi connectivity index (χ3v) is 8.34. The maximum Gasteiger partial charge on any atom is 0.332 e. The lowest BCUT2D eigenvalue weighted by atomic mass is 9.94. The zero-order chi connectivity index (χ0) is 27.4. The minimum Gasteiger partial charge on any atom is -0.478 e. The summed E-state index contributed by atoms with van der Waals surface area (Å²) in [5, 5.41) is 47.3. The van der Waals surface area contributed by atoms with Crippen LogP contribution < -0.4 is 4.72 Å². The van der Waals surface area contributed by atoms with E-state index in [1.807, 2.05) is 6.92 Å². The van der Waals surface area contributed by atoms with Crippen LogP contribution in [0.25, 0.3) is 0 Å². The van der Waals surface area contributed by atoms with Gasteiger partial charge < -0.3 is 35.0 Å². The Morgan fingerprint density at radius 2 is 1.78 bits per heavy atom. The van der Waals surface area contributed by atoms with Gasteiger partial charge in [-0.15, -0.1) is 0 Å². The highest BCUT2D eigenvalue weighted by atomic mass is 32.2. The number of aliphatic hydroxyl groups excluding tert-OH is 4. The molecule has 1 aliphatic heterocycles. The highest BCUT2D eigenvalue weighted by molar-refractivity contribution is 7.93. The molecule has 6 N–H and O–H groups in total. The number of carboxylic acid groups (broad SMARTS) is 1. The summed E-state index contributed by atoms with van der Waals surface area (Å²) in [6, 6.07) is 3.66. The maximum atomic E-state index is 13.9. The van der Waals surface area contributed by atoms with Crippen molar-refractivity contribution in [1.29, 1.82) is 0 Å². The van der Waals surface area contributed by atoms with Crippen LogP contribution in [-0.4, -0.2) is 88.6 Å². The molecule has 3 rings (SSSR count). The first-order valence-electron chi connectivity index (χ1n) is 12.2. The van der Waals surface area contributed by atoms with Gasteiger partial charge in [-0.1, -0.05) is 19.8 Å². The number of aliphatic hydroxyl groups is 4. The predicted molar refractivity (Wildman–Crippen MR) is 130 cm³/mol. The molecule has 11 nitrogen and oxygen atoms in total. The largest absolute Gasteiger partial charge is 0.478 e. The van der Waals surface area contributed by atoms with Crippen LogP contribution in [0.15, 0.2) is 29.8 Å². The van der Waals surface area contributed by atoms with Crippen LogP contribution in [0.5, 0.6) is 0 Å². The number of aliphatic carboxylic acids is 1. The van der Waals surface area contributed by atoms with E-state index in [1.54, 1.807) is 0 Å². The molecule has 0 aromatic heterocycles. The fraction of sp³-hybridized carbons (Fsp3) is 0.625. The van der Waals surface area contributed by atoms with Crippen molar-refractivity contribution in [2.75, 3.05) is 17.9 Å². The monoisotopic (exact) mass is 547 g/mol. The molecule has 0 amide bonds. The molecule has 1 aliphatic carbocycles. The van der Waals surface area contributed by atoms with Gasteiger partial charge in [-0.05, 0) is 49.1 Å². The fourth-order valence-electron chi connectivity index (χ4n) is 4.68. The number of unbranched alkanes of at least 4 members (excludes halogenated alkanes) is 2. The molecule has 0 radical (unpaired) electrons. The molecule has 1 fully saturated rings. The summed E-state index contributed by atoms with van der Waals surface area (Å²) in [5.41, 5.74) is 0.0622. The Hall–Kier alpha value is -2.13. The molecule has 1 saturated heterocycles. The van der Waals surface area contributed by atoms with E-state index in [2.05, 4.69) is 4.72 Å². The maximum absolute atomic E-state index is 13.9. The van der Waals surface area contributed by atoms with Gasteiger partial charge in [0, 0.05) is 6.42 Å². The first-order valence-corrected chi connectivity index (χ1v) is 13.7. The second kappa shape index (κ2) is 12.2. The molecule has 1 aromatic rings. The third kappa shape index (κ3) is 6.66. The summed E-state index contributed by atoms with van der Waals surface area (Å²) in [7, 11) is -4.32. The molecule has 0 saturated carbocycles. The van der Waals surface area contributed by atoms with Crippen molar-refractivity contribution in [3.8, 4) is 0 Å². The first-order chi connectivity index (χ1) is 17.5. The Bertz CT molecular complexity index is 1080. The zero-order valence-electron chi connectivity index (χ0n) is 20.4. The average Bonchev–Trinajstić information content (AvgIpc) is 3.23. The molecule has 1 aromatic carbocycles. The van der Waals surface area contributed by atoms with Crippen molar-refractivity contribution in [1.82, 2.24) is 0 Å². The number of halogens is 1. The molecule has 208 valence electrons. The molecule has 2 aliphatic rings. The highest BCUT2D eigenvalue weighted by Crippen LogP contribution is 2.42. The number of sulfonamides is 1. The standard InChI is InChI=1S/C24H34FNO10S/c1-2-3-4-5-14-10-15(25)6-7-17(14)26-37(33,34)20-8-9-24(11-16(20)23(31)32)35-21(18(29)12-27)22(36-24)19(30)13-28/h6-7,10-11,18-22,26-30H,2-5,8-9,12-13H2,1H3,(H,31,32)/t18-,19-,20?,21-,22-/m1/s1. The van der Waals surface area contributed by atoms with E-state index < -0.39 is 76.0 Å². The number of hydrogen-bond donors (Lipinski definition) is 6. The Labute approximate surface area is 214 Å². The van der Waals surface area contributed by atoms with Gasteiger partial charge in [0.25, 0.3) is 0 Å². The van der Waals surface area contributed by atoms with Crippen molar-refractivity contribution in [2.24, 2.45) is 0 Å². The molecule has 1 heterocycles. The summed E-state index contributed by atoms with van der Waals surface area (Å²) in [5.74, 6) is -3.87. The van der Waals surface area contributed by atoms with Gasteiger partial charge in [0.2, 0.25) is 10.0 Å². The minimum absolute atomic E-state index is 0.160. The lowest BCUT2D eigenvalue weighted by Gasteiger charge is -2.33. The predicted octanol–water partition coefficient (Wildman–Crippen LogP) is 0.660. The quantitative estimate of drug-likeness (QED) is 0.203. The molecule has 0 bridgehead atoms. The summed E-state index contributed by atoms with van der Waals surface area (Å²) in [6.07, 6.45) is -2.14. The normalized spacial score (nSPS) is 25.0. The molecule has 13 heteroatoms. The van der Waals surface area contributed by atoms with Crippen molar-refractivity contribution >= 4 is 21.7 Å². The van der Waals surface area contributed by atoms with Gasteiger partial charge in [-0.3, -0.25) is 4.72 Å². The summed E-state index contributed by atoms with van der Waals surface area (Å²) >= 11 is 0. The third-order valence-electron chi connectivity index (χ3n) is 6.60. The van der Waals surface area contributed by atoms with Crippen molar-refractivity contribution in [3.05, 3.63) is 41.2 Å². The number of carbonyl (C=O) groups is 1. The van der Waals surface area contributed by atoms with E-state index in [4.69, 9.17) is 9.47 Å². The first kappa shape index (κ1) is 29.4. The molecular weight excluding hydrogens is 513 g/mol. The molecular formula is C24H34FNO10S. The van der Waals surface area contributed by atoms with Gasteiger partial charge in [0.05, 0.1) is 24.5 Å². The lowest BCUT2D eigenvalue weighted by molar-refractivity contribution is -0.163. The Morgan fingerprint density at radius 3 is 2.32 bits per heavy atom. The number of benzene rings is 1. The van der Waals surface area contributed by atoms with Crippen LogP contribution in [0.2, 0.25) is 0 Å². The van der Waals surface area contributed by atoms with Crippen molar-refractivity contribution in [2.45, 2.75) is 80.9 Å². The van der Waals surface area contributed by atoms with Gasteiger partial charge in [0.1, 0.15) is 35.5 Å². The number of anilines is 1. The Kier molecular flexibility index (Phi) is 9.67. The zero-order valence-corrected chi connectivity index (χ0v) is 21.2. The van der Waals surface area contributed by atoms with E-state index >= 15 is 0 Å². The van der Waals surface area contributed by atoms with Crippen molar-refractivity contribution in [3.63, 3.8) is 0 Å². The van der Waals surface area contributed by atoms with Gasteiger partial charge in [-0.25, -0.2) is 17.6 Å². The van der Waals surface area contributed by atoms with Gasteiger partial charge in [-0.2, -0.15) is 0 Å². The second-order valence-electron chi connectivity index (χ2n) is 9.31. The topological polar surface area (TPSA) is 183 Å². The summed E-state index contributed by atoms with van der Waals surface area (Å²) in [6.45, 7) is 0.489. The van der Waals surface area contributed by atoms with Crippen LogP contribution in [0.4, 0.5) is 10.1 Å². The SMILES string of the molecule is CCCCCc1cc(F)ccc1NS(=O)(=O)C1CCC2(C=C1C(=O)O)O[C@H]([C@H](O)CO)[C@@H]([C@H](O)CO)O2. The van der Waals surface area contributed by atoms with E-state index in [1.165, 1.54) is 12.1 Å². The van der Waals surface area contributed by atoms with E-state index in [0.29, 0.717) is 12.0 Å². The van der Waals surface area contributed by atoms with Crippen LogP contribution >= 0.6 is 0 Å². The number of ether oxygens (including phenoxy) is 2. The van der Waals surface area contributed by atoms with E-state index in [0.717, 1.165) is 31.4 Å². The average molecular weight is 548 g/mol. The second-order valence-corrected chi connectivity index (χ2v) is 11.2. The fourth-order valence-corrected chi connectivity index (χ4v) is 6.26. The number of rotatable bonds is 12. The van der Waals surface area contributed by atoms with Crippen LogP contribution in [-0.2, 0) is 30.7 Å². The summed E-state index contributed by atoms with van der Waals surface area (Å²) in [4.78, 5) is 12.1. The van der Waals surface area contributed by atoms with Gasteiger partial charge in [0.15, 0.2) is 5.79 Å². The number of aryl methyl sites for hydroxylation is 1. The molecule has 37 heavy (non-hydrogen) atoms. The summed E-state index contributed by atoms with van der Waals surface area (Å²) < 4.78 is 54.4. The van der Waals surface area contributed by atoms with Gasteiger partial charge >= 0.3 is 5.97 Å². The van der Waals surface area contributed by atoms with Crippen LogP contribution in [0.3, 0.4) is 0 Å². The number of nitrogens with one attached hydrogen (secondary N) is 1. The molecule has 5 atom stereocenters. The Balaban J connectivity index is 1.91. The van der Waals surface area contributed by atoms with Crippen LogP contribution in [0.1, 0.15) is 44.6 Å². The lowest BCUT2D eigenvalue weighted by Crippen LogP contribution is -2.45. The molecule has 1 unspecified atom stereocenters. The Morgan fingerprint density at radius 1 is 1.16 bits per heavy atom. The smallest absolute Gasteiger partial charge is 0.332 e.